The molecule has 0 spiro atoms. The zero-order chi connectivity index (χ0) is 15.0. The van der Waals surface area contributed by atoms with Crippen molar-refractivity contribution in [1.29, 1.82) is 0 Å². The number of nitrogens with zero attached hydrogens (tertiary/aromatic N) is 2. The van der Waals surface area contributed by atoms with Gasteiger partial charge in [-0.05, 0) is 25.2 Å². The highest BCUT2D eigenvalue weighted by atomic mass is 35.5. The first kappa shape index (κ1) is 14.8. The lowest BCUT2D eigenvalue weighted by atomic mass is 10.2. The van der Waals surface area contributed by atoms with Gasteiger partial charge in [0.15, 0.2) is 5.13 Å². The SMILES string of the molecule is CN1CCc2nc(NC(=O)c3ccc(Cl)cc3Cl)sc2C1. The van der Waals surface area contributed by atoms with Gasteiger partial charge < -0.3 is 4.90 Å². The van der Waals surface area contributed by atoms with Crippen molar-refractivity contribution in [2.24, 2.45) is 0 Å². The maximum absolute atomic E-state index is 12.2. The number of fused-ring (bicyclic) bond motifs is 1. The number of hydrogen-bond acceptors (Lipinski definition) is 4. The molecule has 0 aliphatic carbocycles. The molecule has 21 heavy (non-hydrogen) atoms. The third-order valence-electron chi connectivity index (χ3n) is 3.32. The second-order valence-corrected chi connectivity index (χ2v) is 6.88. The number of rotatable bonds is 2. The normalized spacial score (nSPS) is 14.8. The van der Waals surface area contributed by atoms with Crippen LogP contribution in [0.3, 0.4) is 0 Å². The van der Waals surface area contributed by atoms with Crippen molar-refractivity contribution in [3.63, 3.8) is 0 Å². The number of nitrogens with one attached hydrogen (secondary N) is 1. The van der Waals surface area contributed by atoms with Gasteiger partial charge in [0, 0.05) is 29.4 Å². The fourth-order valence-corrected chi connectivity index (χ4v) is 3.79. The highest BCUT2D eigenvalue weighted by Crippen LogP contribution is 2.29. The summed E-state index contributed by atoms with van der Waals surface area (Å²) in [6.45, 7) is 1.87. The first-order valence-corrected chi connectivity index (χ1v) is 8.03. The van der Waals surface area contributed by atoms with Crippen LogP contribution in [0.25, 0.3) is 0 Å². The van der Waals surface area contributed by atoms with E-state index in [1.165, 1.54) is 16.2 Å². The summed E-state index contributed by atoms with van der Waals surface area (Å²) in [7, 11) is 2.08. The molecule has 2 heterocycles. The van der Waals surface area contributed by atoms with Crippen LogP contribution in [0.2, 0.25) is 10.0 Å². The van der Waals surface area contributed by atoms with Crippen molar-refractivity contribution < 1.29 is 4.79 Å². The lowest BCUT2D eigenvalue weighted by Gasteiger charge is -2.20. The highest BCUT2D eigenvalue weighted by molar-refractivity contribution is 7.15. The molecule has 0 fully saturated rings. The van der Waals surface area contributed by atoms with Crippen molar-refractivity contribution in [2.45, 2.75) is 13.0 Å². The molecule has 1 aromatic heterocycles. The number of hydrogen-bond donors (Lipinski definition) is 1. The van der Waals surface area contributed by atoms with E-state index in [1.54, 1.807) is 18.2 Å². The van der Waals surface area contributed by atoms with Crippen molar-refractivity contribution in [3.8, 4) is 0 Å². The number of thiazole rings is 1. The number of likely N-dealkylation sites (N-methyl/N-ethyl adjacent to an activating group) is 1. The fraction of sp³-hybridized carbons (Fsp3) is 0.286. The Morgan fingerprint density at radius 1 is 1.43 bits per heavy atom. The second kappa shape index (κ2) is 5.93. The smallest absolute Gasteiger partial charge is 0.258 e. The Morgan fingerprint density at radius 2 is 2.24 bits per heavy atom. The van der Waals surface area contributed by atoms with Crippen LogP contribution in [0, 0.1) is 0 Å². The van der Waals surface area contributed by atoms with Crippen LogP contribution in [-0.4, -0.2) is 29.4 Å². The second-order valence-electron chi connectivity index (χ2n) is 4.95. The minimum atomic E-state index is -0.267. The van der Waals surface area contributed by atoms with Crippen LogP contribution in [-0.2, 0) is 13.0 Å². The number of anilines is 1. The molecular formula is C14H13Cl2N3OS. The molecule has 110 valence electrons. The van der Waals surface area contributed by atoms with Crippen LogP contribution in [0.1, 0.15) is 20.9 Å². The van der Waals surface area contributed by atoms with Crippen LogP contribution >= 0.6 is 34.5 Å². The van der Waals surface area contributed by atoms with E-state index in [9.17, 15) is 4.79 Å². The van der Waals surface area contributed by atoms with Gasteiger partial charge in [-0.25, -0.2) is 4.98 Å². The summed E-state index contributed by atoms with van der Waals surface area (Å²) in [6.07, 6.45) is 0.917. The van der Waals surface area contributed by atoms with Crippen LogP contribution in [0.4, 0.5) is 5.13 Å². The van der Waals surface area contributed by atoms with Gasteiger partial charge in [0.1, 0.15) is 0 Å². The predicted molar refractivity (Wildman–Crippen MR) is 86.6 cm³/mol. The molecule has 0 saturated heterocycles. The number of carbonyl (C=O) groups is 1. The third kappa shape index (κ3) is 3.21. The van der Waals surface area contributed by atoms with Crippen LogP contribution < -0.4 is 5.32 Å². The topological polar surface area (TPSA) is 45.2 Å². The lowest BCUT2D eigenvalue weighted by Crippen LogP contribution is -2.25. The molecule has 7 heteroatoms. The zero-order valence-corrected chi connectivity index (χ0v) is 13.6. The summed E-state index contributed by atoms with van der Waals surface area (Å²) in [6, 6.07) is 4.81. The summed E-state index contributed by atoms with van der Waals surface area (Å²) in [5.41, 5.74) is 1.47. The fourth-order valence-electron chi connectivity index (χ4n) is 2.21. The summed E-state index contributed by atoms with van der Waals surface area (Å²) in [5, 5.41) is 4.27. The molecule has 2 aromatic rings. The molecule has 1 aliphatic rings. The molecule has 3 rings (SSSR count). The quantitative estimate of drug-likeness (QED) is 0.905. The molecule has 0 bridgehead atoms. The van der Waals surface area contributed by atoms with E-state index >= 15 is 0 Å². The summed E-state index contributed by atoms with van der Waals surface area (Å²) in [4.78, 5) is 20.2. The van der Waals surface area contributed by atoms with E-state index in [2.05, 4.69) is 22.2 Å². The molecular weight excluding hydrogens is 329 g/mol. The Hall–Kier alpha value is -1.14. The number of halogens is 2. The van der Waals surface area contributed by atoms with Gasteiger partial charge in [0.2, 0.25) is 0 Å². The van der Waals surface area contributed by atoms with Crippen molar-refractivity contribution in [2.75, 3.05) is 18.9 Å². The highest BCUT2D eigenvalue weighted by Gasteiger charge is 2.20. The van der Waals surface area contributed by atoms with Gasteiger partial charge in [-0.2, -0.15) is 0 Å². The van der Waals surface area contributed by atoms with E-state index < -0.39 is 0 Å². The third-order valence-corrected chi connectivity index (χ3v) is 4.86. The molecule has 1 N–H and O–H groups in total. The minimum Gasteiger partial charge on any atom is -0.301 e. The van der Waals surface area contributed by atoms with E-state index in [1.807, 2.05) is 0 Å². The summed E-state index contributed by atoms with van der Waals surface area (Å²) in [5.74, 6) is -0.267. The molecule has 1 aromatic carbocycles. The molecule has 0 radical (unpaired) electrons. The number of amides is 1. The Balaban J connectivity index is 1.79. The van der Waals surface area contributed by atoms with Crippen molar-refractivity contribution in [1.82, 2.24) is 9.88 Å². The Kier molecular flexibility index (Phi) is 4.17. The standard InChI is InChI=1S/C14H13Cl2N3OS/c1-19-5-4-11-12(7-19)21-14(17-11)18-13(20)9-3-2-8(15)6-10(9)16/h2-3,6H,4-5,7H2,1H3,(H,17,18,20). The van der Waals surface area contributed by atoms with Crippen molar-refractivity contribution in [3.05, 3.63) is 44.4 Å². The maximum atomic E-state index is 12.2. The van der Waals surface area contributed by atoms with Gasteiger partial charge >= 0.3 is 0 Å². The lowest BCUT2D eigenvalue weighted by molar-refractivity contribution is 0.102. The molecule has 4 nitrogen and oxygen atoms in total. The van der Waals surface area contributed by atoms with E-state index in [-0.39, 0.29) is 5.91 Å². The maximum Gasteiger partial charge on any atom is 0.258 e. The van der Waals surface area contributed by atoms with Gasteiger partial charge in [-0.3, -0.25) is 10.1 Å². The molecule has 0 atom stereocenters. The summed E-state index contributed by atoms with van der Waals surface area (Å²) >= 11 is 13.4. The van der Waals surface area contributed by atoms with Gasteiger partial charge in [-0.1, -0.05) is 23.2 Å². The minimum absolute atomic E-state index is 0.267. The van der Waals surface area contributed by atoms with Crippen LogP contribution in [0.5, 0.6) is 0 Å². The van der Waals surface area contributed by atoms with Gasteiger partial charge in [0.25, 0.3) is 5.91 Å². The molecule has 0 unspecified atom stereocenters. The van der Waals surface area contributed by atoms with Crippen molar-refractivity contribution >= 4 is 45.6 Å². The Labute approximate surface area is 136 Å². The number of carbonyl (C=O) groups excluding carboxylic acids is 1. The molecule has 1 amide bonds. The van der Waals surface area contributed by atoms with Gasteiger partial charge in [-0.15, -0.1) is 11.3 Å². The predicted octanol–water partition coefficient (Wildman–Crippen LogP) is 3.69. The average Bonchev–Trinajstić information content (AvgIpc) is 2.79. The zero-order valence-electron chi connectivity index (χ0n) is 11.3. The Bertz CT molecular complexity index is 702. The Morgan fingerprint density at radius 3 is 3.00 bits per heavy atom. The van der Waals surface area contributed by atoms with E-state index in [4.69, 9.17) is 23.2 Å². The van der Waals surface area contributed by atoms with Gasteiger partial charge in [0.05, 0.1) is 16.3 Å². The first-order valence-electron chi connectivity index (χ1n) is 6.46. The molecule has 1 aliphatic heterocycles. The summed E-state index contributed by atoms with van der Waals surface area (Å²) < 4.78 is 0. The van der Waals surface area contributed by atoms with Crippen LogP contribution in [0.15, 0.2) is 18.2 Å². The molecule has 0 saturated carbocycles. The largest absolute Gasteiger partial charge is 0.301 e. The first-order chi connectivity index (χ1) is 10.0. The number of benzene rings is 1. The monoisotopic (exact) mass is 341 g/mol. The average molecular weight is 342 g/mol. The number of aromatic nitrogens is 1. The van der Waals surface area contributed by atoms with E-state index in [0.29, 0.717) is 20.7 Å². The van der Waals surface area contributed by atoms with E-state index in [0.717, 1.165) is 25.2 Å².